The summed E-state index contributed by atoms with van der Waals surface area (Å²) in [5, 5.41) is 8.80. The summed E-state index contributed by atoms with van der Waals surface area (Å²) in [5.41, 5.74) is 4.88. The Morgan fingerprint density at radius 2 is 2.00 bits per heavy atom. The van der Waals surface area contributed by atoms with Gasteiger partial charge in [0.25, 0.3) is 0 Å². The van der Waals surface area contributed by atoms with E-state index < -0.39 is 27.9 Å². The predicted octanol–water partition coefficient (Wildman–Crippen LogP) is -0.575. The molecule has 0 rings (SSSR count). The first-order valence-corrected chi connectivity index (χ1v) is 6.95. The number of amides is 1. The van der Waals surface area contributed by atoms with Gasteiger partial charge in [-0.25, -0.2) is 13.1 Å². The molecule has 0 spiro atoms. The van der Waals surface area contributed by atoms with Gasteiger partial charge in [-0.1, -0.05) is 13.3 Å². The Kier molecular flexibility index (Phi) is 6.74. The van der Waals surface area contributed by atoms with Gasteiger partial charge >= 0.3 is 5.97 Å². The van der Waals surface area contributed by atoms with Crippen LogP contribution in [0.1, 0.15) is 32.6 Å². The van der Waals surface area contributed by atoms with E-state index in [0.717, 1.165) is 0 Å². The lowest BCUT2D eigenvalue weighted by molar-refractivity contribution is -0.139. The van der Waals surface area contributed by atoms with Crippen molar-refractivity contribution in [2.24, 2.45) is 5.73 Å². The molecular formula is C9H18N2O5S. The minimum atomic E-state index is -3.62. The van der Waals surface area contributed by atoms with Gasteiger partial charge in [0.2, 0.25) is 15.9 Å². The molecule has 4 N–H and O–H groups in total. The summed E-state index contributed by atoms with van der Waals surface area (Å²) >= 11 is 0. The molecule has 0 aromatic heterocycles. The molecule has 7 nitrogen and oxygen atoms in total. The molecule has 0 heterocycles. The zero-order valence-electron chi connectivity index (χ0n) is 9.68. The van der Waals surface area contributed by atoms with Crippen LogP contribution in [0.5, 0.6) is 0 Å². The van der Waals surface area contributed by atoms with Crippen LogP contribution < -0.4 is 10.5 Å². The van der Waals surface area contributed by atoms with Gasteiger partial charge in [0, 0.05) is 6.42 Å². The Hall–Kier alpha value is -1.15. The number of hydrogen-bond acceptors (Lipinski definition) is 4. The molecule has 0 fully saturated rings. The minimum absolute atomic E-state index is 0.121. The molecule has 8 heteroatoms. The van der Waals surface area contributed by atoms with Crippen molar-refractivity contribution in [2.75, 3.05) is 5.75 Å². The monoisotopic (exact) mass is 266 g/mol. The van der Waals surface area contributed by atoms with Crippen molar-refractivity contribution in [3.63, 3.8) is 0 Å². The average molecular weight is 266 g/mol. The van der Waals surface area contributed by atoms with Crippen molar-refractivity contribution in [1.29, 1.82) is 0 Å². The number of unbranched alkanes of at least 4 members (excludes halogenated alkanes) is 1. The topological polar surface area (TPSA) is 127 Å². The number of carbonyl (C=O) groups excluding carboxylic acids is 1. The molecule has 1 atom stereocenters. The van der Waals surface area contributed by atoms with E-state index in [-0.39, 0.29) is 18.6 Å². The molecule has 0 aliphatic carbocycles. The molecule has 0 aliphatic heterocycles. The zero-order valence-corrected chi connectivity index (χ0v) is 10.5. The van der Waals surface area contributed by atoms with Crippen LogP contribution in [0.25, 0.3) is 0 Å². The van der Waals surface area contributed by atoms with Crippen LogP contribution in [0.4, 0.5) is 0 Å². The highest BCUT2D eigenvalue weighted by Gasteiger charge is 2.23. The molecule has 0 aromatic rings. The van der Waals surface area contributed by atoms with Gasteiger partial charge in [0.1, 0.15) is 6.04 Å². The summed E-state index contributed by atoms with van der Waals surface area (Å²) in [4.78, 5) is 21.3. The van der Waals surface area contributed by atoms with Crippen molar-refractivity contribution >= 4 is 21.9 Å². The highest BCUT2D eigenvalue weighted by molar-refractivity contribution is 7.89. The summed E-state index contributed by atoms with van der Waals surface area (Å²) in [5.74, 6) is -2.10. The molecular weight excluding hydrogens is 248 g/mol. The second-order valence-corrected chi connectivity index (χ2v) is 5.56. The fourth-order valence-corrected chi connectivity index (χ4v) is 2.57. The van der Waals surface area contributed by atoms with E-state index in [4.69, 9.17) is 10.8 Å². The van der Waals surface area contributed by atoms with Crippen molar-refractivity contribution in [3.05, 3.63) is 0 Å². The molecule has 0 aromatic carbocycles. The van der Waals surface area contributed by atoms with Crippen LogP contribution >= 0.6 is 0 Å². The van der Waals surface area contributed by atoms with E-state index in [1.54, 1.807) is 0 Å². The highest BCUT2D eigenvalue weighted by Crippen LogP contribution is 2.02. The van der Waals surface area contributed by atoms with Crippen molar-refractivity contribution in [2.45, 2.75) is 38.6 Å². The number of hydrogen-bond donors (Lipinski definition) is 3. The average Bonchev–Trinajstić information content (AvgIpc) is 2.20. The minimum Gasteiger partial charge on any atom is -0.480 e. The van der Waals surface area contributed by atoms with Crippen LogP contribution in [-0.2, 0) is 19.6 Å². The molecule has 0 unspecified atom stereocenters. The first-order chi connectivity index (χ1) is 7.78. The first kappa shape index (κ1) is 15.9. The van der Waals surface area contributed by atoms with Gasteiger partial charge in [-0.3, -0.25) is 9.59 Å². The lowest BCUT2D eigenvalue weighted by Crippen LogP contribution is -2.42. The fraction of sp³-hybridized carbons (Fsp3) is 0.778. The number of primary amides is 1. The number of sulfonamides is 1. The fourth-order valence-electron chi connectivity index (χ4n) is 1.13. The summed E-state index contributed by atoms with van der Waals surface area (Å²) in [6.45, 7) is 1.83. The molecule has 0 saturated carbocycles. The van der Waals surface area contributed by atoms with Crippen LogP contribution in [0.15, 0.2) is 0 Å². The largest absolute Gasteiger partial charge is 0.480 e. The van der Waals surface area contributed by atoms with Crippen LogP contribution in [0.2, 0.25) is 0 Å². The quantitative estimate of drug-likeness (QED) is 0.515. The number of carboxylic acid groups (broad SMARTS) is 1. The third kappa shape index (κ3) is 7.70. The van der Waals surface area contributed by atoms with Gasteiger partial charge < -0.3 is 10.8 Å². The van der Waals surface area contributed by atoms with Crippen LogP contribution in [0, 0.1) is 0 Å². The van der Waals surface area contributed by atoms with E-state index in [9.17, 15) is 18.0 Å². The first-order valence-electron chi connectivity index (χ1n) is 5.29. The maximum Gasteiger partial charge on any atom is 0.321 e. The number of carbonyl (C=O) groups is 2. The zero-order chi connectivity index (χ0) is 13.5. The van der Waals surface area contributed by atoms with Gasteiger partial charge in [0.05, 0.1) is 5.75 Å². The third-order valence-corrected chi connectivity index (χ3v) is 3.54. The third-order valence-electron chi connectivity index (χ3n) is 2.07. The molecule has 0 bridgehead atoms. The van der Waals surface area contributed by atoms with Gasteiger partial charge in [-0.05, 0) is 12.8 Å². The molecule has 17 heavy (non-hydrogen) atoms. The molecule has 1 amide bonds. The summed E-state index contributed by atoms with van der Waals surface area (Å²) in [6, 6.07) is -1.30. The molecule has 0 aliphatic rings. The van der Waals surface area contributed by atoms with E-state index in [1.165, 1.54) is 0 Å². The van der Waals surface area contributed by atoms with E-state index >= 15 is 0 Å². The molecule has 0 radical (unpaired) electrons. The number of aliphatic carboxylic acids is 1. The maximum absolute atomic E-state index is 11.5. The number of rotatable bonds is 9. The molecule has 100 valence electrons. The highest BCUT2D eigenvalue weighted by atomic mass is 32.2. The van der Waals surface area contributed by atoms with E-state index in [1.807, 2.05) is 11.6 Å². The Morgan fingerprint density at radius 1 is 1.41 bits per heavy atom. The lowest BCUT2D eigenvalue weighted by Gasteiger charge is -2.13. The Balaban J connectivity index is 4.43. The second-order valence-electron chi connectivity index (χ2n) is 3.69. The second kappa shape index (κ2) is 7.23. The van der Waals surface area contributed by atoms with Crippen molar-refractivity contribution in [3.8, 4) is 0 Å². The Bertz CT molecular complexity index is 366. The number of nitrogens with one attached hydrogen (secondary N) is 1. The van der Waals surface area contributed by atoms with Crippen LogP contribution in [-0.4, -0.2) is 37.2 Å². The Labute approximate surface area is 100 Å². The molecule has 0 saturated heterocycles. The standard InChI is InChI=1S/C9H18N2O5S/c1-2-3-6-17(15,16)11-7(9(13)14)4-5-8(10)12/h7,11H,2-6H2,1H3,(H2,10,12)(H,13,14)/t7-/m1/s1. The van der Waals surface area contributed by atoms with Crippen molar-refractivity contribution < 1.29 is 23.1 Å². The summed E-state index contributed by atoms with van der Waals surface area (Å²) in [6.07, 6.45) is 0.834. The predicted molar refractivity (Wildman–Crippen MR) is 61.7 cm³/mol. The van der Waals surface area contributed by atoms with Gasteiger partial charge in [-0.15, -0.1) is 0 Å². The smallest absolute Gasteiger partial charge is 0.321 e. The van der Waals surface area contributed by atoms with E-state index in [2.05, 4.69) is 0 Å². The van der Waals surface area contributed by atoms with Gasteiger partial charge in [-0.2, -0.15) is 0 Å². The number of carboxylic acids is 1. The normalized spacial score (nSPS) is 13.2. The lowest BCUT2D eigenvalue weighted by atomic mass is 10.2. The SMILES string of the molecule is CCCCS(=O)(=O)N[C@H](CCC(N)=O)C(=O)O. The van der Waals surface area contributed by atoms with Crippen LogP contribution in [0.3, 0.4) is 0 Å². The van der Waals surface area contributed by atoms with Crippen molar-refractivity contribution in [1.82, 2.24) is 4.72 Å². The Morgan fingerprint density at radius 3 is 2.41 bits per heavy atom. The van der Waals surface area contributed by atoms with E-state index in [0.29, 0.717) is 12.8 Å². The summed E-state index contributed by atoms with van der Waals surface area (Å²) in [7, 11) is -3.62. The number of nitrogens with two attached hydrogens (primary N) is 1. The summed E-state index contributed by atoms with van der Waals surface area (Å²) < 4.78 is 25.0. The van der Waals surface area contributed by atoms with Gasteiger partial charge in [0.15, 0.2) is 0 Å². The maximum atomic E-state index is 11.5.